The van der Waals surface area contributed by atoms with Crippen LogP contribution in [0, 0.1) is 17.8 Å². The second-order valence-corrected chi connectivity index (χ2v) is 10.7. The van der Waals surface area contributed by atoms with Crippen LogP contribution in [0.5, 0.6) is 0 Å². The summed E-state index contributed by atoms with van der Waals surface area (Å²) in [4.78, 5) is 0. The molecule has 2 aliphatic rings. The molecule has 0 atom stereocenters. The SMILES string of the molecule is CCCCCC1CCC(C2CCC(c3ccc(Cc4c(N)cccc4N)cc3)CC2)CC1. The maximum Gasteiger partial charge on any atom is 0.0370 e. The van der Waals surface area contributed by atoms with Gasteiger partial charge in [-0.1, -0.05) is 75.8 Å². The largest absolute Gasteiger partial charge is 0.398 e. The molecule has 2 nitrogen and oxygen atoms in total. The fourth-order valence-corrected chi connectivity index (χ4v) is 6.49. The van der Waals surface area contributed by atoms with Crippen LogP contribution in [0.25, 0.3) is 0 Å². The standard InChI is InChI=1S/C30H44N2/c1-2-3-4-6-22-9-13-24(14-10-22)26-17-19-27(20-18-26)25-15-11-23(12-16-25)21-28-29(31)7-5-8-30(28)32/h5,7-8,11-12,15-16,22,24,26-27H,2-4,6,9-10,13-14,17-21,31-32H2,1H3. The third-order valence-corrected chi connectivity index (χ3v) is 8.63. The van der Waals surface area contributed by atoms with Gasteiger partial charge in [-0.3, -0.25) is 0 Å². The van der Waals surface area contributed by atoms with E-state index in [1.54, 1.807) is 0 Å². The highest BCUT2D eigenvalue weighted by atomic mass is 14.6. The molecule has 4 rings (SSSR count). The van der Waals surface area contributed by atoms with Gasteiger partial charge in [0.15, 0.2) is 0 Å². The molecule has 0 spiro atoms. The lowest BCUT2D eigenvalue weighted by atomic mass is 9.68. The number of nitrogen functional groups attached to an aromatic ring is 2. The van der Waals surface area contributed by atoms with Crippen LogP contribution in [0.4, 0.5) is 11.4 Å². The fraction of sp³-hybridized carbons (Fsp3) is 0.600. The van der Waals surface area contributed by atoms with Gasteiger partial charge in [0.05, 0.1) is 0 Å². The summed E-state index contributed by atoms with van der Waals surface area (Å²) in [6.07, 6.45) is 18.2. The van der Waals surface area contributed by atoms with Crippen molar-refractivity contribution < 1.29 is 0 Å². The van der Waals surface area contributed by atoms with Crippen molar-refractivity contribution in [3.8, 4) is 0 Å². The van der Waals surface area contributed by atoms with Crippen molar-refractivity contribution in [1.82, 2.24) is 0 Å². The second kappa shape index (κ2) is 11.3. The molecule has 0 unspecified atom stereocenters. The van der Waals surface area contributed by atoms with Gasteiger partial charge in [0, 0.05) is 23.4 Å². The Bertz CT molecular complexity index is 804. The zero-order valence-electron chi connectivity index (χ0n) is 20.2. The summed E-state index contributed by atoms with van der Waals surface area (Å²) in [5.74, 6) is 3.79. The fourth-order valence-electron chi connectivity index (χ4n) is 6.49. The Morgan fingerprint density at radius 2 is 1.31 bits per heavy atom. The highest BCUT2D eigenvalue weighted by Crippen LogP contribution is 2.44. The maximum absolute atomic E-state index is 6.15. The zero-order chi connectivity index (χ0) is 22.3. The van der Waals surface area contributed by atoms with Gasteiger partial charge < -0.3 is 11.5 Å². The lowest BCUT2D eigenvalue weighted by Crippen LogP contribution is -2.25. The van der Waals surface area contributed by atoms with Crippen molar-refractivity contribution in [2.75, 3.05) is 11.5 Å². The van der Waals surface area contributed by atoms with Crippen molar-refractivity contribution in [2.45, 2.75) is 96.3 Å². The van der Waals surface area contributed by atoms with Gasteiger partial charge in [-0.15, -0.1) is 0 Å². The van der Waals surface area contributed by atoms with E-state index >= 15 is 0 Å². The van der Waals surface area contributed by atoms with E-state index in [1.807, 2.05) is 18.2 Å². The smallest absolute Gasteiger partial charge is 0.0370 e. The quantitative estimate of drug-likeness (QED) is 0.327. The van der Waals surface area contributed by atoms with E-state index in [1.165, 1.54) is 88.2 Å². The van der Waals surface area contributed by atoms with Gasteiger partial charge in [0.1, 0.15) is 0 Å². The molecule has 2 aliphatic carbocycles. The summed E-state index contributed by atoms with van der Waals surface area (Å²) < 4.78 is 0. The third-order valence-electron chi connectivity index (χ3n) is 8.63. The van der Waals surface area contributed by atoms with E-state index in [0.717, 1.165) is 47.0 Å². The van der Waals surface area contributed by atoms with Gasteiger partial charge >= 0.3 is 0 Å². The van der Waals surface area contributed by atoms with E-state index in [0.29, 0.717) is 0 Å². The van der Waals surface area contributed by atoms with E-state index in [9.17, 15) is 0 Å². The average Bonchev–Trinajstić information content (AvgIpc) is 2.83. The van der Waals surface area contributed by atoms with Crippen LogP contribution in [0.1, 0.15) is 107 Å². The molecule has 0 amide bonds. The summed E-state index contributed by atoms with van der Waals surface area (Å²) in [6.45, 7) is 2.32. The van der Waals surface area contributed by atoms with Crippen molar-refractivity contribution in [3.05, 3.63) is 59.2 Å². The minimum Gasteiger partial charge on any atom is -0.398 e. The molecular weight excluding hydrogens is 388 g/mol. The van der Waals surface area contributed by atoms with Crippen molar-refractivity contribution in [2.24, 2.45) is 17.8 Å². The number of nitrogens with two attached hydrogens (primary N) is 2. The first-order valence-electron chi connectivity index (χ1n) is 13.4. The maximum atomic E-state index is 6.15. The van der Waals surface area contributed by atoms with Crippen LogP contribution in [0.15, 0.2) is 42.5 Å². The third kappa shape index (κ3) is 5.88. The van der Waals surface area contributed by atoms with Crippen molar-refractivity contribution in [1.29, 1.82) is 0 Å². The Labute approximate surface area is 196 Å². The summed E-state index contributed by atoms with van der Waals surface area (Å²) in [6, 6.07) is 15.1. The summed E-state index contributed by atoms with van der Waals surface area (Å²) in [7, 11) is 0. The topological polar surface area (TPSA) is 52.0 Å². The Balaban J connectivity index is 1.24. The molecule has 2 aromatic carbocycles. The molecule has 32 heavy (non-hydrogen) atoms. The Morgan fingerprint density at radius 1 is 0.719 bits per heavy atom. The zero-order valence-corrected chi connectivity index (χ0v) is 20.2. The number of unbranched alkanes of at least 4 members (excludes halogenated alkanes) is 2. The molecule has 2 heteroatoms. The number of rotatable bonds is 8. The second-order valence-electron chi connectivity index (χ2n) is 10.7. The van der Waals surface area contributed by atoms with Crippen LogP contribution < -0.4 is 11.5 Å². The lowest BCUT2D eigenvalue weighted by molar-refractivity contribution is 0.155. The highest BCUT2D eigenvalue weighted by molar-refractivity contribution is 5.62. The van der Waals surface area contributed by atoms with E-state index in [2.05, 4.69) is 31.2 Å². The molecule has 0 heterocycles. The minimum atomic E-state index is 0.748. The molecule has 174 valence electrons. The van der Waals surface area contributed by atoms with Gasteiger partial charge in [0.25, 0.3) is 0 Å². The van der Waals surface area contributed by atoms with Crippen LogP contribution >= 0.6 is 0 Å². The number of hydrogen-bond donors (Lipinski definition) is 2. The Morgan fingerprint density at radius 3 is 1.91 bits per heavy atom. The van der Waals surface area contributed by atoms with Crippen molar-refractivity contribution >= 4 is 11.4 Å². The van der Waals surface area contributed by atoms with Crippen LogP contribution in [-0.2, 0) is 6.42 Å². The van der Waals surface area contributed by atoms with E-state index in [-0.39, 0.29) is 0 Å². The van der Waals surface area contributed by atoms with Gasteiger partial charge in [-0.2, -0.15) is 0 Å². The molecule has 0 radical (unpaired) electrons. The summed E-state index contributed by atoms with van der Waals surface area (Å²) >= 11 is 0. The first-order valence-corrected chi connectivity index (χ1v) is 13.4. The molecule has 0 saturated heterocycles. The number of hydrogen-bond acceptors (Lipinski definition) is 2. The molecule has 0 aromatic heterocycles. The predicted molar refractivity (Wildman–Crippen MR) is 139 cm³/mol. The highest BCUT2D eigenvalue weighted by Gasteiger charge is 2.31. The van der Waals surface area contributed by atoms with E-state index < -0.39 is 0 Å². The predicted octanol–water partition coefficient (Wildman–Crippen LogP) is 8.10. The summed E-state index contributed by atoms with van der Waals surface area (Å²) in [5, 5.41) is 0. The van der Waals surface area contributed by atoms with Crippen LogP contribution in [-0.4, -0.2) is 0 Å². The molecule has 2 aromatic rings. The van der Waals surface area contributed by atoms with Crippen LogP contribution in [0.2, 0.25) is 0 Å². The normalized spacial score (nSPS) is 26.2. The minimum absolute atomic E-state index is 0.748. The summed E-state index contributed by atoms with van der Waals surface area (Å²) in [5.41, 5.74) is 17.8. The first-order chi connectivity index (χ1) is 15.6. The Kier molecular flexibility index (Phi) is 8.16. The monoisotopic (exact) mass is 432 g/mol. The lowest BCUT2D eigenvalue weighted by Gasteiger charge is -2.38. The molecular formula is C30H44N2. The molecule has 2 fully saturated rings. The Hall–Kier alpha value is -1.96. The van der Waals surface area contributed by atoms with Gasteiger partial charge in [-0.25, -0.2) is 0 Å². The number of anilines is 2. The molecule has 0 bridgehead atoms. The van der Waals surface area contributed by atoms with Crippen LogP contribution in [0.3, 0.4) is 0 Å². The average molecular weight is 433 g/mol. The molecule has 4 N–H and O–H groups in total. The van der Waals surface area contributed by atoms with Crippen molar-refractivity contribution in [3.63, 3.8) is 0 Å². The first kappa shape index (κ1) is 23.2. The van der Waals surface area contributed by atoms with Gasteiger partial charge in [0.2, 0.25) is 0 Å². The number of benzene rings is 2. The molecule has 0 aliphatic heterocycles. The molecule has 2 saturated carbocycles. The van der Waals surface area contributed by atoms with Gasteiger partial charge in [-0.05, 0) is 85.5 Å². The van der Waals surface area contributed by atoms with E-state index in [4.69, 9.17) is 11.5 Å².